The molecule has 1 aromatic heterocycles. The van der Waals surface area contributed by atoms with Gasteiger partial charge in [-0.15, -0.1) is 0 Å². The van der Waals surface area contributed by atoms with Crippen molar-refractivity contribution in [2.75, 3.05) is 51.3 Å². The zero-order valence-electron chi connectivity index (χ0n) is 11.1. The minimum atomic E-state index is 0.560. The lowest BCUT2D eigenvalue weighted by Gasteiger charge is -2.32. The Morgan fingerprint density at radius 1 is 1.28 bits per heavy atom. The van der Waals surface area contributed by atoms with Crippen LogP contribution >= 0.6 is 11.8 Å². The molecular weight excluding hydrogens is 246 g/mol. The highest BCUT2D eigenvalue weighted by Gasteiger charge is 2.13. The Morgan fingerprint density at radius 2 is 2.00 bits per heavy atom. The van der Waals surface area contributed by atoms with Gasteiger partial charge in [0.1, 0.15) is 5.82 Å². The molecule has 0 spiro atoms. The van der Waals surface area contributed by atoms with Crippen molar-refractivity contribution in [1.29, 1.82) is 0 Å². The Balaban J connectivity index is 1.74. The van der Waals surface area contributed by atoms with Gasteiger partial charge in [-0.25, -0.2) is 9.97 Å². The number of rotatable bonds is 4. The maximum absolute atomic E-state index is 5.71. The number of nitrogens with two attached hydrogens (primary N) is 1. The van der Waals surface area contributed by atoms with Crippen LogP contribution < -0.4 is 5.73 Å². The molecule has 1 aliphatic rings. The third kappa shape index (κ3) is 4.12. The van der Waals surface area contributed by atoms with E-state index in [4.69, 9.17) is 5.73 Å². The van der Waals surface area contributed by atoms with Gasteiger partial charge in [0.05, 0.1) is 0 Å². The van der Waals surface area contributed by atoms with Crippen molar-refractivity contribution in [3.05, 3.63) is 11.8 Å². The van der Waals surface area contributed by atoms with Crippen molar-refractivity contribution in [3.63, 3.8) is 0 Å². The molecule has 0 atom stereocenters. The van der Waals surface area contributed by atoms with Crippen molar-refractivity contribution >= 4 is 17.6 Å². The molecule has 2 rings (SSSR count). The second-order valence-electron chi connectivity index (χ2n) is 4.71. The van der Waals surface area contributed by atoms with Crippen LogP contribution in [-0.4, -0.2) is 65.3 Å². The molecule has 1 saturated heterocycles. The predicted octanol–water partition coefficient (Wildman–Crippen LogP) is 0.707. The van der Waals surface area contributed by atoms with Crippen LogP contribution in [-0.2, 0) is 0 Å². The summed E-state index contributed by atoms with van der Waals surface area (Å²) >= 11 is 1.69. The summed E-state index contributed by atoms with van der Waals surface area (Å²) in [7, 11) is 2.18. The number of aryl methyl sites for hydroxylation is 1. The molecule has 0 unspecified atom stereocenters. The number of aromatic nitrogens is 2. The molecule has 1 aromatic rings. The largest absolute Gasteiger partial charge is 0.384 e. The Hall–Kier alpha value is -0.850. The maximum atomic E-state index is 5.71. The first kappa shape index (κ1) is 13.6. The summed E-state index contributed by atoms with van der Waals surface area (Å²) in [5.74, 6) is 1.58. The van der Waals surface area contributed by atoms with Crippen LogP contribution in [0, 0.1) is 6.92 Å². The van der Waals surface area contributed by atoms with Crippen molar-refractivity contribution in [3.8, 4) is 0 Å². The number of nitrogen functional groups attached to an aromatic ring is 1. The number of hydrogen-bond acceptors (Lipinski definition) is 6. The number of anilines is 1. The summed E-state index contributed by atoms with van der Waals surface area (Å²) in [6, 6.07) is 1.80. The fourth-order valence-corrected chi connectivity index (χ4v) is 2.88. The van der Waals surface area contributed by atoms with Gasteiger partial charge in [-0.2, -0.15) is 0 Å². The van der Waals surface area contributed by atoms with Crippen molar-refractivity contribution in [2.45, 2.75) is 12.1 Å². The summed E-state index contributed by atoms with van der Waals surface area (Å²) in [4.78, 5) is 13.5. The maximum Gasteiger partial charge on any atom is 0.189 e. The van der Waals surface area contributed by atoms with Crippen LogP contribution in [0.5, 0.6) is 0 Å². The van der Waals surface area contributed by atoms with Crippen LogP contribution in [0.2, 0.25) is 0 Å². The summed E-state index contributed by atoms with van der Waals surface area (Å²) in [6.07, 6.45) is 0. The monoisotopic (exact) mass is 267 g/mol. The molecule has 2 heterocycles. The topological polar surface area (TPSA) is 58.3 Å². The second kappa shape index (κ2) is 6.36. The highest BCUT2D eigenvalue weighted by molar-refractivity contribution is 7.99. The molecule has 0 aliphatic carbocycles. The molecular formula is C12H21N5S. The zero-order valence-corrected chi connectivity index (χ0v) is 11.9. The van der Waals surface area contributed by atoms with Crippen LogP contribution in [0.4, 0.5) is 5.82 Å². The highest BCUT2D eigenvalue weighted by Crippen LogP contribution is 2.15. The van der Waals surface area contributed by atoms with Crippen LogP contribution in [0.25, 0.3) is 0 Å². The van der Waals surface area contributed by atoms with E-state index in [2.05, 4.69) is 26.8 Å². The van der Waals surface area contributed by atoms with E-state index in [1.165, 1.54) is 13.1 Å². The van der Waals surface area contributed by atoms with Crippen molar-refractivity contribution in [2.24, 2.45) is 0 Å². The Morgan fingerprint density at radius 3 is 2.67 bits per heavy atom. The van der Waals surface area contributed by atoms with E-state index in [0.717, 1.165) is 36.2 Å². The average Bonchev–Trinajstić information content (AvgIpc) is 2.30. The first-order valence-corrected chi connectivity index (χ1v) is 7.27. The Bertz CT molecular complexity index is 370. The zero-order chi connectivity index (χ0) is 13.0. The van der Waals surface area contributed by atoms with E-state index < -0.39 is 0 Å². The molecule has 0 saturated carbocycles. The first-order valence-electron chi connectivity index (χ1n) is 6.28. The van der Waals surface area contributed by atoms with Crippen LogP contribution in [0.15, 0.2) is 11.2 Å². The summed E-state index contributed by atoms with van der Waals surface area (Å²) in [5, 5.41) is 0.793. The molecule has 0 radical (unpaired) electrons. The van der Waals surface area contributed by atoms with Gasteiger partial charge < -0.3 is 10.6 Å². The molecule has 100 valence electrons. The van der Waals surface area contributed by atoms with Gasteiger partial charge in [-0.3, -0.25) is 4.90 Å². The molecule has 0 amide bonds. The number of likely N-dealkylation sites (N-methyl/N-ethyl adjacent to an activating group) is 1. The molecule has 0 bridgehead atoms. The number of nitrogens with zero attached hydrogens (tertiary/aromatic N) is 4. The van der Waals surface area contributed by atoms with Gasteiger partial charge in [0.15, 0.2) is 5.16 Å². The highest BCUT2D eigenvalue weighted by atomic mass is 32.2. The van der Waals surface area contributed by atoms with Gasteiger partial charge in [-0.05, 0) is 14.0 Å². The van der Waals surface area contributed by atoms with E-state index in [1.807, 2.05) is 6.92 Å². The van der Waals surface area contributed by atoms with E-state index in [1.54, 1.807) is 17.8 Å². The number of hydrogen-bond donors (Lipinski definition) is 1. The van der Waals surface area contributed by atoms with Crippen molar-refractivity contribution < 1.29 is 0 Å². The molecule has 1 fully saturated rings. The van der Waals surface area contributed by atoms with Crippen LogP contribution in [0.1, 0.15) is 5.69 Å². The number of piperazine rings is 1. The van der Waals surface area contributed by atoms with E-state index in [9.17, 15) is 0 Å². The fraction of sp³-hybridized carbons (Fsp3) is 0.667. The third-order valence-electron chi connectivity index (χ3n) is 3.09. The van der Waals surface area contributed by atoms with E-state index >= 15 is 0 Å². The summed E-state index contributed by atoms with van der Waals surface area (Å²) in [5.41, 5.74) is 6.64. The lowest BCUT2D eigenvalue weighted by Crippen LogP contribution is -2.45. The van der Waals surface area contributed by atoms with Gasteiger partial charge in [0.2, 0.25) is 0 Å². The molecule has 1 aliphatic heterocycles. The average molecular weight is 267 g/mol. The summed E-state index contributed by atoms with van der Waals surface area (Å²) < 4.78 is 0. The minimum Gasteiger partial charge on any atom is -0.384 e. The third-order valence-corrected chi connectivity index (χ3v) is 3.92. The second-order valence-corrected chi connectivity index (χ2v) is 5.77. The van der Waals surface area contributed by atoms with Gasteiger partial charge >= 0.3 is 0 Å². The smallest absolute Gasteiger partial charge is 0.189 e. The van der Waals surface area contributed by atoms with E-state index in [0.29, 0.717) is 5.82 Å². The Labute approximate surface area is 113 Å². The first-order chi connectivity index (χ1) is 8.63. The normalized spacial score (nSPS) is 18.1. The quantitative estimate of drug-likeness (QED) is 0.640. The molecule has 6 heteroatoms. The molecule has 5 nitrogen and oxygen atoms in total. The predicted molar refractivity (Wildman–Crippen MR) is 75.8 cm³/mol. The standard InChI is InChI=1S/C12H21N5S/c1-10-9-11(13)15-12(14-10)18-8-7-17-5-3-16(2)4-6-17/h9H,3-8H2,1-2H3,(H2,13,14,15). The summed E-state index contributed by atoms with van der Waals surface area (Å²) in [6.45, 7) is 7.69. The van der Waals surface area contributed by atoms with Gasteiger partial charge in [0.25, 0.3) is 0 Å². The van der Waals surface area contributed by atoms with Crippen LogP contribution in [0.3, 0.4) is 0 Å². The molecule has 18 heavy (non-hydrogen) atoms. The fourth-order valence-electron chi connectivity index (χ4n) is 1.97. The SMILES string of the molecule is Cc1cc(N)nc(SCCN2CCN(C)CC2)n1. The molecule has 2 N–H and O–H groups in total. The van der Waals surface area contributed by atoms with E-state index in [-0.39, 0.29) is 0 Å². The van der Waals surface area contributed by atoms with Crippen molar-refractivity contribution in [1.82, 2.24) is 19.8 Å². The molecule has 0 aromatic carbocycles. The lowest BCUT2D eigenvalue weighted by molar-refractivity contribution is 0.161. The lowest BCUT2D eigenvalue weighted by atomic mass is 10.3. The van der Waals surface area contributed by atoms with Gasteiger partial charge in [-0.1, -0.05) is 11.8 Å². The Kier molecular flexibility index (Phi) is 4.79. The number of thioether (sulfide) groups is 1. The van der Waals surface area contributed by atoms with Gasteiger partial charge in [0, 0.05) is 50.2 Å². The minimum absolute atomic E-state index is 0.560.